The van der Waals surface area contributed by atoms with E-state index >= 15 is 0 Å². The molecule has 0 radical (unpaired) electrons. The van der Waals surface area contributed by atoms with Crippen LogP contribution in [0.3, 0.4) is 0 Å². The molecule has 0 unspecified atom stereocenters. The minimum Gasteiger partial charge on any atom is -0.505 e. The van der Waals surface area contributed by atoms with E-state index in [1.54, 1.807) is 0 Å². The van der Waals surface area contributed by atoms with Crippen LogP contribution >= 0.6 is 0 Å². The van der Waals surface area contributed by atoms with Crippen molar-refractivity contribution in [2.24, 2.45) is 17.2 Å². The molecule has 3 rings (SSSR count). The van der Waals surface area contributed by atoms with E-state index in [9.17, 15) is 14.4 Å². The van der Waals surface area contributed by atoms with Crippen LogP contribution in [0.2, 0.25) is 0 Å². The zero-order chi connectivity index (χ0) is 22.7. The van der Waals surface area contributed by atoms with Gasteiger partial charge in [-0.25, -0.2) is 0 Å². The monoisotopic (exact) mass is 470 g/mol. The van der Waals surface area contributed by atoms with E-state index in [1.807, 2.05) is 0 Å². The van der Waals surface area contributed by atoms with E-state index < -0.39 is 17.7 Å². The second-order valence-corrected chi connectivity index (χ2v) is 5.27. The number of carbonyl (C=O) groups is 3. The van der Waals surface area contributed by atoms with E-state index in [1.165, 1.54) is 55.4 Å². The molecule has 3 heterocycles. The summed E-state index contributed by atoms with van der Waals surface area (Å²) in [5, 5.41) is 26.8. The average molecular weight is 470 g/mol. The average Bonchev–Trinajstić information content (AvgIpc) is 2.69. The van der Waals surface area contributed by atoms with Gasteiger partial charge in [-0.3, -0.25) is 29.3 Å². The van der Waals surface area contributed by atoms with Gasteiger partial charge in [-0.2, -0.15) is 0 Å². The number of aromatic nitrogens is 3. The van der Waals surface area contributed by atoms with Crippen LogP contribution in [-0.4, -0.2) is 48.0 Å². The number of nitrogens with zero attached hydrogens (tertiary/aromatic N) is 3. The van der Waals surface area contributed by atoms with Crippen molar-refractivity contribution >= 4 is 17.7 Å². The third-order valence-corrected chi connectivity index (χ3v) is 3.20. The minimum absolute atomic E-state index is 0. The first-order valence-electron chi connectivity index (χ1n) is 7.93. The van der Waals surface area contributed by atoms with Crippen LogP contribution in [0.1, 0.15) is 31.1 Å². The molecule has 3 amide bonds. The number of hydrogen-bond acceptors (Lipinski definition) is 9. The fourth-order valence-electron chi connectivity index (χ4n) is 1.78. The molecule has 0 aliphatic carbocycles. The molecule has 0 aromatic carbocycles. The van der Waals surface area contributed by atoms with Gasteiger partial charge in [0.1, 0.15) is 17.2 Å². The molecule has 0 fully saturated rings. The van der Waals surface area contributed by atoms with Crippen molar-refractivity contribution in [2.45, 2.75) is 0 Å². The van der Waals surface area contributed by atoms with Crippen molar-refractivity contribution in [3.63, 3.8) is 0 Å². The van der Waals surface area contributed by atoms with Crippen LogP contribution in [0.25, 0.3) is 0 Å². The zero-order valence-electron chi connectivity index (χ0n) is 15.7. The van der Waals surface area contributed by atoms with Gasteiger partial charge in [0, 0.05) is 35.7 Å². The topological polar surface area (TPSA) is 229 Å². The maximum absolute atomic E-state index is 10.5. The molecule has 3 aromatic rings. The van der Waals surface area contributed by atoms with Gasteiger partial charge in [-0.05, 0) is 18.2 Å². The second-order valence-electron chi connectivity index (χ2n) is 5.27. The first-order valence-corrected chi connectivity index (χ1v) is 7.93. The Morgan fingerprint density at radius 1 is 0.581 bits per heavy atom. The van der Waals surface area contributed by atoms with Gasteiger partial charge in [-0.1, -0.05) is 0 Å². The number of rotatable bonds is 3. The Bertz CT molecular complexity index is 917. The number of aromatic hydroxyl groups is 3. The first kappa shape index (κ1) is 26.8. The molecule has 0 saturated carbocycles. The Labute approximate surface area is 186 Å². The molecule has 0 aliphatic heterocycles. The third-order valence-electron chi connectivity index (χ3n) is 3.20. The van der Waals surface area contributed by atoms with Crippen LogP contribution in [0.4, 0.5) is 0 Å². The van der Waals surface area contributed by atoms with E-state index in [4.69, 9.17) is 32.5 Å². The number of pyridine rings is 3. The van der Waals surface area contributed by atoms with Gasteiger partial charge in [0.05, 0.1) is 35.3 Å². The van der Waals surface area contributed by atoms with Crippen LogP contribution in [0, 0.1) is 0 Å². The molecule has 0 spiro atoms. The number of carbonyl (C=O) groups excluding carboxylic acids is 3. The van der Waals surface area contributed by atoms with E-state index in [0.29, 0.717) is 0 Å². The van der Waals surface area contributed by atoms with Gasteiger partial charge >= 0.3 is 0 Å². The van der Waals surface area contributed by atoms with Crippen LogP contribution in [0.15, 0.2) is 55.4 Å². The summed E-state index contributed by atoms with van der Waals surface area (Å²) in [5.41, 5.74) is 14.9. The third kappa shape index (κ3) is 8.77. The van der Waals surface area contributed by atoms with Crippen molar-refractivity contribution in [1.82, 2.24) is 15.0 Å². The Morgan fingerprint density at radius 3 is 0.935 bits per heavy atom. The fraction of sp³-hybridized carbons (Fsp3) is 0. The van der Waals surface area contributed by atoms with Gasteiger partial charge in [-0.15, -0.1) is 0 Å². The molecule has 164 valence electrons. The van der Waals surface area contributed by atoms with Crippen molar-refractivity contribution in [3.05, 3.63) is 72.1 Å². The largest absolute Gasteiger partial charge is 0.505 e. The summed E-state index contributed by atoms with van der Waals surface area (Å²) in [4.78, 5) is 42.1. The Morgan fingerprint density at radius 2 is 0.806 bits per heavy atom. The van der Waals surface area contributed by atoms with Crippen LogP contribution in [-0.2, 0) is 17.1 Å². The van der Waals surface area contributed by atoms with Crippen molar-refractivity contribution < 1.29 is 46.8 Å². The zero-order valence-corrected chi connectivity index (χ0v) is 16.8. The summed E-state index contributed by atoms with van der Waals surface area (Å²) in [5.74, 6) is -2.51. The summed E-state index contributed by atoms with van der Waals surface area (Å²) < 4.78 is 0. The molecule has 9 N–H and O–H groups in total. The molecule has 0 saturated heterocycles. The molecule has 0 aliphatic rings. The Balaban J connectivity index is 0.000000429. The van der Waals surface area contributed by atoms with Crippen LogP contribution < -0.4 is 17.2 Å². The van der Waals surface area contributed by atoms with Gasteiger partial charge < -0.3 is 32.5 Å². The molecule has 12 nitrogen and oxygen atoms in total. The summed E-state index contributed by atoms with van der Waals surface area (Å²) in [6.07, 6.45) is 7.67. The van der Waals surface area contributed by atoms with E-state index in [2.05, 4.69) is 15.0 Å². The molecule has 31 heavy (non-hydrogen) atoms. The number of hydrogen-bond donors (Lipinski definition) is 6. The molecular weight excluding hydrogens is 452 g/mol. The number of amides is 3. The van der Waals surface area contributed by atoms with Gasteiger partial charge in [0.15, 0.2) is 0 Å². The van der Waals surface area contributed by atoms with Crippen molar-refractivity contribution in [3.8, 4) is 17.2 Å². The molecule has 3 aromatic heterocycles. The molecular formula is C18H18FeN6O6. The summed E-state index contributed by atoms with van der Waals surface area (Å²) >= 11 is 0. The van der Waals surface area contributed by atoms with E-state index in [0.717, 1.165) is 0 Å². The maximum atomic E-state index is 10.5. The standard InChI is InChI=1S/3C6H6N2O2.Fe/c3*7-6(10)4-1-2-8-3-5(4)9;/h3*1-3,9H,(H2,7,10);. The molecule has 13 heteroatoms. The van der Waals surface area contributed by atoms with Gasteiger partial charge in [0.2, 0.25) is 0 Å². The minimum atomic E-state index is -0.653. The van der Waals surface area contributed by atoms with Gasteiger partial charge in [0.25, 0.3) is 17.7 Å². The van der Waals surface area contributed by atoms with E-state index in [-0.39, 0.29) is 51.0 Å². The number of primary amides is 3. The van der Waals surface area contributed by atoms with Crippen LogP contribution in [0.5, 0.6) is 17.2 Å². The van der Waals surface area contributed by atoms with Crippen molar-refractivity contribution in [1.29, 1.82) is 0 Å². The smallest absolute Gasteiger partial charge is 0.252 e. The fourth-order valence-corrected chi connectivity index (χ4v) is 1.78. The second kappa shape index (κ2) is 13.1. The Hall–Kier alpha value is -4.22. The first-order chi connectivity index (χ1) is 14.1. The predicted molar refractivity (Wildman–Crippen MR) is 103 cm³/mol. The van der Waals surface area contributed by atoms with Crippen molar-refractivity contribution in [2.75, 3.05) is 0 Å². The SMILES string of the molecule is NC(=O)c1ccncc1O.NC(=O)c1ccncc1O.NC(=O)c1ccncc1O.[Fe]. The Kier molecular flexibility index (Phi) is 11.3. The summed E-state index contributed by atoms with van der Waals surface area (Å²) in [7, 11) is 0. The molecule has 0 bridgehead atoms. The molecule has 0 atom stereocenters. The predicted octanol–water partition coefficient (Wildman–Crippen LogP) is -0.344. The normalized spacial score (nSPS) is 8.90. The maximum Gasteiger partial charge on any atom is 0.252 e. The summed E-state index contributed by atoms with van der Waals surface area (Å²) in [6, 6.07) is 4.08. The quantitative estimate of drug-likeness (QED) is 0.275. The summed E-state index contributed by atoms with van der Waals surface area (Å²) in [6.45, 7) is 0. The number of nitrogens with two attached hydrogens (primary N) is 3.